The molecule has 2 aliphatic heterocycles. The first-order valence-electron chi connectivity index (χ1n) is 7.27. The van der Waals surface area contributed by atoms with Gasteiger partial charge < -0.3 is 4.90 Å². The lowest BCUT2D eigenvalue weighted by Crippen LogP contribution is -2.38. The first-order valence-corrected chi connectivity index (χ1v) is 9.86. The van der Waals surface area contributed by atoms with Gasteiger partial charge >= 0.3 is 0 Å². The molecule has 1 saturated heterocycles. The minimum absolute atomic E-state index is 0.00794. The monoisotopic (exact) mass is 340 g/mol. The van der Waals surface area contributed by atoms with Crippen molar-refractivity contribution in [3.63, 3.8) is 0 Å². The van der Waals surface area contributed by atoms with Crippen LogP contribution in [0.2, 0.25) is 0 Å². The topological polar surface area (TPSA) is 57.7 Å². The molecule has 7 heteroatoms. The van der Waals surface area contributed by atoms with Crippen LogP contribution in [0.25, 0.3) is 0 Å². The quantitative estimate of drug-likeness (QED) is 0.822. The van der Waals surface area contributed by atoms with Gasteiger partial charge in [0.25, 0.3) is 0 Å². The van der Waals surface area contributed by atoms with Crippen LogP contribution < -0.4 is 4.90 Å². The van der Waals surface area contributed by atoms with Crippen molar-refractivity contribution in [3.05, 3.63) is 23.8 Å². The first-order chi connectivity index (χ1) is 10.3. The maximum absolute atomic E-state index is 12.8. The molecule has 3 rings (SSSR count). The molecule has 120 valence electrons. The molecular formula is C15H20N2O3S2. The molecule has 0 unspecified atom stereocenters. The Balaban J connectivity index is 2.05. The highest BCUT2D eigenvalue weighted by atomic mass is 32.2. The average Bonchev–Trinajstić information content (AvgIpc) is 2.69. The van der Waals surface area contributed by atoms with Crippen LogP contribution >= 0.6 is 11.8 Å². The Morgan fingerprint density at radius 1 is 1.18 bits per heavy atom. The molecule has 1 aromatic carbocycles. The zero-order valence-electron chi connectivity index (χ0n) is 13.0. The largest absolute Gasteiger partial charge is 0.314 e. The Labute approximate surface area is 135 Å². The minimum Gasteiger partial charge on any atom is -0.314 e. The maximum Gasteiger partial charge on any atom is 0.243 e. The fourth-order valence-corrected chi connectivity index (χ4v) is 5.65. The molecule has 0 aromatic heterocycles. The average molecular weight is 340 g/mol. The SMILES string of the molecule is CN1C(=O)C(C)(C)c2cc(S(=O)(=O)N3CCSCC3)ccc21. The van der Waals surface area contributed by atoms with E-state index in [9.17, 15) is 13.2 Å². The Kier molecular flexibility index (Phi) is 3.78. The number of sulfonamides is 1. The first kappa shape index (κ1) is 15.8. The summed E-state index contributed by atoms with van der Waals surface area (Å²) in [4.78, 5) is 14.2. The Morgan fingerprint density at radius 3 is 2.45 bits per heavy atom. The highest BCUT2D eigenvalue weighted by Crippen LogP contribution is 2.42. The smallest absolute Gasteiger partial charge is 0.243 e. The predicted octanol–water partition coefficient (Wildman–Crippen LogP) is 1.68. The molecule has 0 radical (unpaired) electrons. The van der Waals surface area contributed by atoms with Crippen molar-refractivity contribution in [2.24, 2.45) is 0 Å². The van der Waals surface area contributed by atoms with Gasteiger partial charge in [-0.15, -0.1) is 0 Å². The summed E-state index contributed by atoms with van der Waals surface area (Å²) in [6, 6.07) is 5.03. The molecule has 0 N–H and O–H groups in total. The van der Waals surface area contributed by atoms with Crippen LogP contribution in [-0.2, 0) is 20.2 Å². The summed E-state index contributed by atoms with van der Waals surface area (Å²) in [5.41, 5.74) is 0.892. The lowest BCUT2D eigenvalue weighted by molar-refractivity contribution is -0.121. The van der Waals surface area contributed by atoms with Crippen LogP contribution in [0.3, 0.4) is 0 Å². The van der Waals surface area contributed by atoms with E-state index in [0.717, 1.165) is 22.8 Å². The van der Waals surface area contributed by atoms with Crippen LogP contribution in [0, 0.1) is 0 Å². The van der Waals surface area contributed by atoms with Gasteiger partial charge in [0, 0.05) is 37.3 Å². The third-order valence-electron chi connectivity index (χ3n) is 4.45. The molecule has 22 heavy (non-hydrogen) atoms. The van der Waals surface area contributed by atoms with Gasteiger partial charge in [0.15, 0.2) is 0 Å². The lowest BCUT2D eigenvalue weighted by Gasteiger charge is -2.26. The predicted molar refractivity (Wildman–Crippen MR) is 89.0 cm³/mol. The van der Waals surface area contributed by atoms with Gasteiger partial charge in [-0.05, 0) is 37.6 Å². The van der Waals surface area contributed by atoms with E-state index in [1.807, 2.05) is 13.8 Å². The summed E-state index contributed by atoms with van der Waals surface area (Å²) >= 11 is 1.77. The van der Waals surface area contributed by atoms with E-state index >= 15 is 0 Å². The van der Waals surface area contributed by atoms with E-state index in [1.54, 1.807) is 46.2 Å². The number of likely N-dealkylation sites (N-methyl/N-ethyl adjacent to an activating group) is 1. The minimum atomic E-state index is -3.48. The third-order valence-corrected chi connectivity index (χ3v) is 7.29. The van der Waals surface area contributed by atoms with Gasteiger partial charge in [-0.2, -0.15) is 16.1 Å². The van der Waals surface area contributed by atoms with Crippen LogP contribution in [0.4, 0.5) is 5.69 Å². The molecule has 0 aliphatic carbocycles. The normalized spacial score (nSPS) is 22.0. The number of nitrogens with zero attached hydrogens (tertiary/aromatic N) is 2. The van der Waals surface area contributed by atoms with Crippen LogP contribution in [-0.4, -0.2) is 50.3 Å². The van der Waals surface area contributed by atoms with Crippen LogP contribution in [0.15, 0.2) is 23.1 Å². The van der Waals surface area contributed by atoms with E-state index in [-0.39, 0.29) is 10.8 Å². The number of fused-ring (bicyclic) bond motifs is 1. The molecule has 0 saturated carbocycles. The fourth-order valence-electron chi connectivity index (χ4n) is 3.05. The summed E-state index contributed by atoms with van der Waals surface area (Å²) in [5.74, 6) is 1.65. The zero-order valence-corrected chi connectivity index (χ0v) is 14.6. The molecule has 1 aromatic rings. The van der Waals surface area contributed by atoms with Crippen molar-refractivity contribution < 1.29 is 13.2 Å². The summed E-state index contributed by atoms with van der Waals surface area (Å²) in [6.45, 7) is 4.77. The van der Waals surface area contributed by atoms with E-state index in [0.29, 0.717) is 13.1 Å². The van der Waals surface area contributed by atoms with Crippen molar-refractivity contribution in [1.29, 1.82) is 0 Å². The molecule has 0 atom stereocenters. The second-order valence-electron chi connectivity index (χ2n) is 6.18. The molecule has 2 aliphatic rings. The molecular weight excluding hydrogens is 320 g/mol. The zero-order chi connectivity index (χ0) is 16.1. The fraction of sp³-hybridized carbons (Fsp3) is 0.533. The third kappa shape index (κ3) is 2.26. The van der Waals surface area contributed by atoms with Gasteiger partial charge in [0.1, 0.15) is 0 Å². The van der Waals surface area contributed by atoms with Crippen LogP contribution in [0.1, 0.15) is 19.4 Å². The summed E-state index contributed by atoms with van der Waals surface area (Å²) in [5, 5.41) is 0. The van der Waals surface area contributed by atoms with Crippen molar-refractivity contribution in [1.82, 2.24) is 4.31 Å². The number of thioether (sulfide) groups is 1. The summed E-state index contributed by atoms with van der Waals surface area (Å²) < 4.78 is 27.1. The van der Waals surface area contributed by atoms with Gasteiger partial charge in [-0.3, -0.25) is 4.79 Å². The number of rotatable bonds is 2. The lowest BCUT2D eigenvalue weighted by atomic mass is 9.86. The molecule has 1 amide bonds. The highest BCUT2D eigenvalue weighted by Gasteiger charge is 2.43. The number of anilines is 1. The Hall–Kier alpha value is -1.05. The van der Waals surface area contributed by atoms with Crippen molar-refractivity contribution in [2.75, 3.05) is 36.5 Å². The van der Waals surface area contributed by atoms with E-state index < -0.39 is 15.4 Å². The summed E-state index contributed by atoms with van der Waals surface area (Å²) in [7, 11) is -1.75. The van der Waals surface area contributed by atoms with E-state index in [4.69, 9.17) is 0 Å². The number of carbonyl (C=O) groups excluding carboxylic acids is 1. The molecule has 1 fully saturated rings. The standard InChI is InChI=1S/C15H20N2O3S2/c1-15(2)12-10-11(4-5-13(12)16(3)14(15)18)22(19,20)17-6-8-21-9-7-17/h4-5,10H,6-9H2,1-3H3. The number of hydrogen-bond acceptors (Lipinski definition) is 4. The Bertz CT molecular complexity index is 722. The van der Waals surface area contributed by atoms with Crippen molar-refractivity contribution in [2.45, 2.75) is 24.2 Å². The highest BCUT2D eigenvalue weighted by molar-refractivity contribution is 7.99. The van der Waals surface area contributed by atoms with E-state index in [1.165, 1.54) is 0 Å². The molecule has 0 spiro atoms. The second kappa shape index (κ2) is 5.25. The maximum atomic E-state index is 12.8. The van der Waals surface area contributed by atoms with Crippen LogP contribution in [0.5, 0.6) is 0 Å². The molecule has 2 heterocycles. The number of benzene rings is 1. The number of carbonyl (C=O) groups is 1. The molecule has 5 nitrogen and oxygen atoms in total. The van der Waals surface area contributed by atoms with Crippen molar-refractivity contribution in [3.8, 4) is 0 Å². The van der Waals surface area contributed by atoms with Gasteiger partial charge in [-0.1, -0.05) is 0 Å². The van der Waals surface area contributed by atoms with Gasteiger partial charge in [-0.25, -0.2) is 8.42 Å². The van der Waals surface area contributed by atoms with Crippen molar-refractivity contribution >= 4 is 33.4 Å². The molecule has 0 bridgehead atoms. The van der Waals surface area contributed by atoms with Gasteiger partial charge in [0.2, 0.25) is 15.9 Å². The second-order valence-corrected chi connectivity index (χ2v) is 9.35. The summed E-state index contributed by atoms with van der Waals surface area (Å²) in [6.07, 6.45) is 0. The number of amides is 1. The van der Waals surface area contributed by atoms with Gasteiger partial charge in [0.05, 0.1) is 10.3 Å². The number of hydrogen-bond donors (Lipinski definition) is 0. The Morgan fingerprint density at radius 2 is 1.82 bits per heavy atom. The van der Waals surface area contributed by atoms with E-state index in [2.05, 4.69) is 0 Å².